The van der Waals surface area contributed by atoms with Crippen LogP contribution < -0.4 is 5.73 Å². The molecule has 6 heteroatoms. The zero-order valence-corrected chi connectivity index (χ0v) is 11.5. The third kappa shape index (κ3) is 3.55. The Morgan fingerprint density at radius 3 is 2.24 bits per heavy atom. The van der Waals surface area contributed by atoms with E-state index in [9.17, 15) is 18.0 Å². The summed E-state index contributed by atoms with van der Waals surface area (Å²) in [5, 5.41) is 0.353. The third-order valence-electron chi connectivity index (χ3n) is 3.05. The molecule has 2 aromatic rings. The van der Waals surface area contributed by atoms with Gasteiger partial charge < -0.3 is 5.73 Å². The molecule has 0 aliphatic heterocycles. The van der Waals surface area contributed by atoms with Crippen LogP contribution in [0.25, 0.3) is 0 Å². The van der Waals surface area contributed by atoms with Crippen molar-refractivity contribution in [2.45, 2.75) is 12.6 Å². The summed E-state index contributed by atoms with van der Waals surface area (Å²) in [6.45, 7) is 0. The molecule has 2 aromatic carbocycles. The highest BCUT2D eigenvalue weighted by Gasteiger charge is 2.29. The van der Waals surface area contributed by atoms with Gasteiger partial charge in [-0.2, -0.15) is 13.2 Å². The van der Waals surface area contributed by atoms with Crippen molar-refractivity contribution in [2.75, 3.05) is 0 Å². The highest BCUT2D eigenvalue weighted by atomic mass is 35.5. The molecule has 2 nitrogen and oxygen atoms in total. The van der Waals surface area contributed by atoms with Gasteiger partial charge in [0.05, 0.1) is 5.56 Å². The number of carbonyl (C=O) groups excluding carboxylic acids is 1. The van der Waals surface area contributed by atoms with E-state index in [0.29, 0.717) is 16.1 Å². The van der Waals surface area contributed by atoms with Crippen molar-refractivity contribution in [1.29, 1.82) is 0 Å². The molecule has 110 valence electrons. The van der Waals surface area contributed by atoms with Crippen LogP contribution in [0.2, 0.25) is 5.02 Å². The van der Waals surface area contributed by atoms with Gasteiger partial charge in [-0.3, -0.25) is 4.79 Å². The molecule has 0 fully saturated rings. The van der Waals surface area contributed by atoms with E-state index in [1.54, 1.807) is 12.1 Å². The minimum atomic E-state index is -4.37. The van der Waals surface area contributed by atoms with E-state index in [0.717, 1.165) is 12.1 Å². The summed E-state index contributed by atoms with van der Waals surface area (Å²) in [7, 11) is 0. The second-order valence-electron chi connectivity index (χ2n) is 4.50. The second kappa shape index (κ2) is 5.77. The molecule has 1 amide bonds. The maximum absolute atomic E-state index is 12.5. The van der Waals surface area contributed by atoms with E-state index < -0.39 is 17.6 Å². The Balaban J connectivity index is 2.33. The lowest BCUT2D eigenvalue weighted by atomic mass is 9.98. The van der Waals surface area contributed by atoms with Gasteiger partial charge in [0.2, 0.25) is 5.91 Å². The van der Waals surface area contributed by atoms with Crippen LogP contribution >= 0.6 is 11.6 Å². The Morgan fingerprint density at radius 1 is 1.10 bits per heavy atom. The van der Waals surface area contributed by atoms with Crippen molar-refractivity contribution in [3.05, 3.63) is 69.7 Å². The van der Waals surface area contributed by atoms with Gasteiger partial charge in [-0.1, -0.05) is 29.8 Å². The highest BCUT2D eigenvalue weighted by Crippen LogP contribution is 2.30. The molecule has 21 heavy (non-hydrogen) atoms. The van der Waals surface area contributed by atoms with Crippen LogP contribution in [0, 0.1) is 0 Å². The number of carbonyl (C=O) groups is 1. The quantitative estimate of drug-likeness (QED) is 0.912. The molecular weight excluding hydrogens is 303 g/mol. The Morgan fingerprint density at radius 2 is 1.71 bits per heavy atom. The van der Waals surface area contributed by atoms with Crippen LogP contribution in [-0.2, 0) is 12.6 Å². The Hall–Kier alpha value is -2.01. The van der Waals surface area contributed by atoms with E-state index in [2.05, 4.69) is 0 Å². The molecule has 0 spiro atoms. The summed E-state index contributed by atoms with van der Waals surface area (Å²) in [6, 6.07) is 9.44. The van der Waals surface area contributed by atoms with Gasteiger partial charge in [-0.25, -0.2) is 0 Å². The molecule has 0 aliphatic carbocycles. The van der Waals surface area contributed by atoms with Gasteiger partial charge in [0.15, 0.2) is 0 Å². The number of primary amides is 1. The van der Waals surface area contributed by atoms with Crippen LogP contribution in [0.4, 0.5) is 13.2 Å². The molecule has 0 saturated heterocycles. The van der Waals surface area contributed by atoms with Crippen molar-refractivity contribution in [3.8, 4) is 0 Å². The summed E-state index contributed by atoms with van der Waals surface area (Å²) < 4.78 is 37.5. The topological polar surface area (TPSA) is 43.1 Å². The first kappa shape index (κ1) is 15.4. The maximum Gasteiger partial charge on any atom is 0.416 e. The fraction of sp³-hybridized carbons (Fsp3) is 0.133. The van der Waals surface area contributed by atoms with Gasteiger partial charge in [-0.15, -0.1) is 0 Å². The molecule has 0 aliphatic rings. The average Bonchev–Trinajstić information content (AvgIpc) is 2.40. The molecular formula is C15H11ClF3NO. The molecule has 0 bridgehead atoms. The average molecular weight is 314 g/mol. The Labute approximate surface area is 124 Å². The van der Waals surface area contributed by atoms with Crippen LogP contribution in [0.1, 0.15) is 27.0 Å². The molecule has 0 atom stereocenters. The molecule has 0 radical (unpaired) electrons. The van der Waals surface area contributed by atoms with Crippen LogP contribution in [0.5, 0.6) is 0 Å². The van der Waals surface area contributed by atoms with Gasteiger partial charge in [-0.05, 0) is 41.8 Å². The SMILES string of the molecule is NC(=O)c1cccc(Cl)c1Cc1ccc(C(F)(F)F)cc1. The third-order valence-corrected chi connectivity index (χ3v) is 3.40. The lowest BCUT2D eigenvalue weighted by Crippen LogP contribution is -2.14. The largest absolute Gasteiger partial charge is 0.416 e. The normalized spacial score (nSPS) is 11.4. The van der Waals surface area contributed by atoms with Crippen molar-refractivity contribution in [3.63, 3.8) is 0 Å². The molecule has 0 unspecified atom stereocenters. The number of alkyl halides is 3. The standard InChI is InChI=1S/C15H11ClF3NO/c16-13-3-1-2-11(14(20)21)12(13)8-9-4-6-10(7-5-9)15(17,18)19/h1-7H,8H2,(H2,20,21). The van der Waals surface area contributed by atoms with Crippen molar-refractivity contribution in [2.24, 2.45) is 5.73 Å². The number of halogens is 4. The number of rotatable bonds is 3. The van der Waals surface area contributed by atoms with Gasteiger partial charge in [0.25, 0.3) is 0 Å². The first-order chi connectivity index (χ1) is 9.79. The fourth-order valence-electron chi connectivity index (χ4n) is 1.98. The lowest BCUT2D eigenvalue weighted by Gasteiger charge is -2.11. The van der Waals surface area contributed by atoms with E-state index in [-0.39, 0.29) is 12.0 Å². The maximum atomic E-state index is 12.5. The summed E-state index contributed by atoms with van der Waals surface area (Å²) in [5.74, 6) is -0.626. The number of nitrogens with two attached hydrogens (primary N) is 1. The number of hydrogen-bond acceptors (Lipinski definition) is 1. The molecule has 2 N–H and O–H groups in total. The fourth-order valence-corrected chi connectivity index (χ4v) is 2.23. The van der Waals surface area contributed by atoms with Crippen LogP contribution in [0.15, 0.2) is 42.5 Å². The summed E-state index contributed by atoms with van der Waals surface area (Å²) >= 11 is 6.04. The summed E-state index contributed by atoms with van der Waals surface area (Å²) in [4.78, 5) is 11.4. The van der Waals surface area contributed by atoms with E-state index in [1.165, 1.54) is 18.2 Å². The van der Waals surface area contributed by atoms with Crippen LogP contribution in [0.3, 0.4) is 0 Å². The summed E-state index contributed by atoms with van der Waals surface area (Å²) in [6.07, 6.45) is -4.14. The lowest BCUT2D eigenvalue weighted by molar-refractivity contribution is -0.137. The monoisotopic (exact) mass is 313 g/mol. The van der Waals surface area contributed by atoms with E-state index in [1.807, 2.05) is 0 Å². The highest BCUT2D eigenvalue weighted by molar-refractivity contribution is 6.31. The minimum absolute atomic E-state index is 0.232. The number of benzene rings is 2. The van der Waals surface area contributed by atoms with E-state index >= 15 is 0 Å². The van der Waals surface area contributed by atoms with Crippen LogP contribution in [-0.4, -0.2) is 5.91 Å². The number of amides is 1. The predicted molar refractivity (Wildman–Crippen MR) is 74.2 cm³/mol. The molecule has 0 heterocycles. The first-order valence-corrected chi connectivity index (χ1v) is 6.40. The minimum Gasteiger partial charge on any atom is -0.366 e. The van der Waals surface area contributed by atoms with Gasteiger partial charge in [0.1, 0.15) is 0 Å². The van der Waals surface area contributed by atoms with Gasteiger partial charge >= 0.3 is 6.18 Å². The number of hydrogen-bond donors (Lipinski definition) is 1. The smallest absolute Gasteiger partial charge is 0.366 e. The summed E-state index contributed by atoms with van der Waals surface area (Å²) in [5.41, 5.74) is 5.93. The van der Waals surface area contributed by atoms with Gasteiger partial charge in [0, 0.05) is 10.6 Å². The Bertz CT molecular complexity index is 666. The Kier molecular flexibility index (Phi) is 4.23. The van der Waals surface area contributed by atoms with Crippen molar-refractivity contribution >= 4 is 17.5 Å². The van der Waals surface area contributed by atoms with Crippen molar-refractivity contribution < 1.29 is 18.0 Å². The molecule has 0 saturated carbocycles. The molecule has 0 aromatic heterocycles. The second-order valence-corrected chi connectivity index (χ2v) is 4.91. The zero-order valence-electron chi connectivity index (χ0n) is 10.7. The van der Waals surface area contributed by atoms with Crippen molar-refractivity contribution in [1.82, 2.24) is 0 Å². The first-order valence-electron chi connectivity index (χ1n) is 6.02. The predicted octanol–water partition coefficient (Wildman–Crippen LogP) is 4.05. The molecule has 2 rings (SSSR count). The zero-order chi connectivity index (χ0) is 15.6. The van der Waals surface area contributed by atoms with E-state index in [4.69, 9.17) is 17.3 Å².